The van der Waals surface area contributed by atoms with E-state index in [-0.39, 0.29) is 30.5 Å². The molecule has 3 rings (SSSR count). The van der Waals surface area contributed by atoms with Crippen molar-refractivity contribution in [3.8, 4) is 5.75 Å². The first-order chi connectivity index (χ1) is 14.3. The third kappa shape index (κ3) is 5.61. The third-order valence-electron chi connectivity index (χ3n) is 5.22. The first-order valence-electron chi connectivity index (χ1n) is 9.99. The van der Waals surface area contributed by atoms with Gasteiger partial charge in [0.2, 0.25) is 0 Å². The summed E-state index contributed by atoms with van der Waals surface area (Å²) in [6, 6.07) is 10.8. The Balaban J connectivity index is 1.53. The predicted molar refractivity (Wildman–Crippen MR) is 121 cm³/mol. The number of hydrogen-bond donors (Lipinski definition) is 1. The Hall–Kier alpha value is -2.38. The molecule has 30 heavy (non-hydrogen) atoms. The van der Waals surface area contributed by atoms with E-state index in [1.54, 1.807) is 37.3 Å². The molecule has 2 amide bonds. The molecule has 1 fully saturated rings. The molecule has 0 spiro atoms. The Bertz CT molecular complexity index is 916. The second kappa shape index (κ2) is 10.1. The molecule has 0 bridgehead atoms. The van der Waals surface area contributed by atoms with Crippen LogP contribution in [0.5, 0.6) is 5.75 Å². The van der Waals surface area contributed by atoms with Crippen molar-refractivity contribution < 1.29 is 14.3 Å². The van der Waals surface area contributed by atoms with E-state index in [1.165, 1.54) is 11.3 Å². The number of thiophene rings is 1. The number of nitrogens with zero attached hydrogens (tertiary/aromatic N) is 2. The van der Waals surface area contributed by atoms with Crippen LogP contribution in [0.15, 0.2) is 41.5 Å². The van der Waals surface area contributed by atoms with Crippen LogP contribution < -0.4 is 10.2 Å². The number of likely N-dealkylation sites (tertiary alicyclic amines) is 1. The van der Waals surface area contributed by atoms with Gasteiger partial charge in [0, 0.05) is 17.6 Å². The number of piperidine rings is 1. The number of carbonyl (C=O) groups excluding carboxylic acids is 2. The van der Waals surface area contributed by atoms with E-state index in [0.29, 0.717) is 21.4 Å². The summed E-state index contributed by atoms with van der Waals surface area (Å²) in [6.45, 7) is 5.96. The lowest BCUT2D eigenvalue weighted by Gasteiger charge is -2.38. The number of nitrogens with one attached hydrogen (secondary N) is 1. The average molecular weight is 448 g/mol. The van der Waals surface area contributed by atoms with Crippen LogP contribution in [-0.2, 0) is 4.79 Å². The highest BCUT2D eigenvalue weighted by atomic mass is 35.5. The molecule has 1 N–H and O–H groups in total. The Kier molecular flexibility index (Phi) is 7.50. The molecule has 0 radical (unpaired) electrons. The summed E-state index contributed by atoms with van der Waals surface area (Å²) in [5, 5.41) is 4.12. The molecule has 6 nitrogen and oxygen atoms in total. The lowest BCUT2D eigenvalue weighted by molar-refractivity contribution is -0.139. The second-order valence-electron chi connectivity index (χ2n) is 7.48. The molecular formula is C22H26ClN3O3S. The van der Waals surface area contributed by atoms with Crippen LogP contribution in [-0.4, -0.2) is 41.1 Å². The van der Waals surface area contributed by atoms with Crippen LogP contribution in [0.25, 0.3) is 0 Å². The lowest BCUT2D eigenvalue weighted by Crippen LogP contribution is -2.49. The normalized spacial score (nSPS) is 19.5. The number of rotatable bonds is 6. The van der Waals surface area contributed by atoms with E-state index >= 15 is 0 Å². The zero-order chi connectivity index (χ0) is 21.7. The molecule has 0 saturated carbocycles. The third-order valence-corrected chi connectivity index (χ3v) is 6.56. The van der Waals surface area contributed by atoms with Gasteiger partial charge < -0.3 is 9.64 Å². The van der Waals surface area contributed by atoms with E-state index in [1.807, 2.05) is 11.0 Å². The summed E-state index contributed by atoms with van der Waals surface area (Å²) in [6.07, 6.45) is 3.21. The van der Waals surface area contributed by atoms with Crippen molar-refractivity contribution >= 4 is 40.5 Å². The van der Waals surface area contributed by atoms with Crippen molar-refractivity contribution in [2.75, 3.05) is 6.61 Å². The van der Waals surface area contributed by atoms with Crippen LogP contribution in [0.4, 0.5) is 0 Å². The quantitative estimate of drug-likeness (QED) is 0.514. The molecule has 1 aromatic carbocycles. The van der Waals surface area contributed by atoms with Gasteiger partial charge in [-0.25, -0.2) is 5.43 Å². The van der Waals surface area contributed by atoms with E-state index in [2.05, 4.69) is 24.4 Å². The molecule has 0 aliphatic carbocycles. The van der Waals surface area contributed by atoms with Crippen molar-refractivity contribution in [3.05, 3.63) is 51.2 Å². The Morgan fingerprint density at radius 2 is 1.83 bits per heavy atom. The standard InChI is InChI=1S/C22H26ClN3O3S/c1-14-5-4-6-15(2)26(14)21(27)13-29-18-9-7-17(8-10-18)22(28)25-24-16(3)19-11-12-20(23)30-19/h7-12,14-15H,4-6,13H2,1-3H3,(H,25,28)/b24-16+. The van der Waals surface area contributed by atoms with Gasteiger partial charge in [-0.1, -0.05) is 11.6 Å². The number of hydrazone groups is 1. The van der Waals surface area contributed by atoms with Gasteiger partial charge in [-0.3, -0.25) is 9.59 Å². The summed E-state index contributed by atoms with van der Waals surface area (Å²) >= 11 is 7.32. The minimum atomic E-state index is -0.324. The molecule has 160 valence electrons. The van der Waals surface area contributed by atoms with Crippen LogP contribution >= 0.6 is 22.9 Å². The fourth-order valence-electron chi connectivity index (χ4n) is 3.60. The summed E-state index contributed by atoms with van der Waals surface area (Å²) in [5.74, 6) is 0.218. The van der Waals surface area contributed by atoms with E-state index < -0.39 is 0 Å². The Morgan fingerprint density at radius 3 is 2.43 bits per heavy atom. The predicted octanol–water partition coefficient (Wildman–Crippen LogP) is 4.72. The zero-order valence-corrected chi connectivity index (χ0v) is 18.9. The van der Waals surface area contributed by atoms with Gasteiger partial charge in [-0.2, -0.15) is 5.10 Å². The van der Waals surface area contributed by atoms with E-state index in [4.69, 9.17) is 16.3 Å². The fourth-order valence-corrected chi connectivity index (χ4v) is 4.59. The average Bonchev–Trinajstić information content (AvgIpc) is 3.17. The molecule has 2 heterocycles. The van der Waals surface area contributed by atoms with Gasteiger partial charge in [-0.05, 0) is 76.4 Å². The number of amides is 2. The maximum atomic E-state index is 12.5. The Labute approximate surface area is 185 Å². The van der Waals surface area contributed by atoms with Crippen LogP contribution in [0.2, 0.25) is 4.34 Å². The van der Waals surface area contributed by atoms with Crippen molar-refractivity contribution in [2.24, 2.45) is 5.10 Å². The molecule has 8 heteroatoms. The van der Waals surface area contributed by atoms with Crippen LogP contribution in [0.1, 0.15) is 55.3 Å². The molecule has 1 saturated heterocycles. The molecule has 2 atom stereocenters. The number of benzene rings is 1. The van der Waals surface area contributed by atoms with Crippen molar-refractivity contribution in [3.63, 3.8) is 0 Å². The maximum absolute atomic E-state index is 12.5. The first kappa shape index (κ1) is 22.3. The van der Waals surface area contributed by atoms with Gasteiger partial charge in [0.25, 0.3) is 11.8 Å². The van der Waals surface area contributed by atoms with E-state index in [9.17, 15) is 9.59 Å². The first-order valence-corrected chi connectivity index (χ1v) is 11.2. The van der Waals surface area contributed by atoms with Gasteiger partial charge in [0.1, 0.15) is 5.75 Å². The largest absolute Gasteiger partial charge is 0.484 e. The van der Waals surface area contributed by atoms with Crippen molar-refractivity contribution in [2.45, 2.75) is 52.1 Å². The van der Waals surface area contributed by atoms with Crippen molar-refractivity contribution in [1.82, 2.24) is 10.3 Å². The smallest absolute Gasteiger partial charge is 0.271 e. The maximum Gasteiger partial charge on any atom is 0.271 e. The molecule has 2 aromatic rings. The fraction of sp³-hybridized carbons (Fsp3) is 0.409. The van der Waals surface area contributed by atoms with Gasteiger partial charge in [0.05, 0.1) is 14.9 Å². The minimum absolute atomic E-state index is 0.00462. The number of ether oxygens (including phenoxy) is 1. The highest BCUT2D eigenvalue weighted by Gasteiger charge is 2.28. The number of hydrogen-bond acceptors (Lipinski definition) is 5. The summed E-state index contributed by atoms with van der Waals surface area (Å²) in [4.78, 5) is 27.7. The SMILES string of the molecule is C/C(=N\NC(=O)c1ccc(OCC(=O)N2C(C)CCCC2C)cc1)c1ccc(Cl)s1. The molecule has 1 aliphatic rings. The van der Waals surface area contributed by atoms with Gasteiger partial charge >= 0.3 is 0 Å². The van der Waals surface area contributed by atoms with Gasteiger partial charge in [0.15, 0.2) is 6.61 Å². The molecule has 2 unspecified atom stereocenters. The zero-order valence-electron chi connectivity index (χ0n) is 17.4. The highest BCUT2D eigenvalue weighted by molar-refractivity contribution is 7.18. The molecule has 1 aliphatic heterocycles. The topological polar surface area (TPSA) is 71.0 Å². The molecular weight excluding hydrogens is 422 g/mol. The number of carbonyl (C=O) groups is 2. The summed E-state index contributed by atoms with van der Waals surface area (Å²) in [7, 11) is 0. The summed E-state index contributed by atoms with van der Waals surface area (Å²) in [5.41, 5.74) is 3.67. The van der Waals surface area contributed by atoms with Crippen LogP contribution in [0, 0.1) is 0 Å². The lowest BCUT2D eigenvalue weighted by atomic mass is 9.97. The molecule has 1 aromatic heterocycles. The monoisotopic (exact) mass is 447 g/mol. The second-order valence-corrected chi connectivity index (χ2v) is 9.20. The Morgan fingerprint density at radius 1 is 1.17 bits per heavy atom. The van der Waals surface area contributed by atoms with Gasteiger partial charge in [-0.15, -0.1) is 11.3 Å². The van der Waals surface area contributed by atoms with E-state index in [0.717, 1.165) is 24.1 Å². The van der Waals surface area contributed by atoms with Crippen molar-refractivity contribution in [1.29, 1.82) is 0 Å². The summed E-state index contributed by atoms with van der Waals surface area (Å²) < 4.78 is 6.32. The van der Waals surface area contributed by atoms with Crippen LogP contribution in [0.3, 0.4) is 0 Å². The number of halogens is 1. The highest BCUT2D eigenvalue weighted by Crippen LogP contribution is 2.23. The minimum Gasteiger partial charge on any atom is -0.484 e.